The van der Waals surface area contributed by atoms with Gasteiger partial charge in [-0.3, -0.25) is 0 Å². The highest BCUT2D eigenvalue weighted by atomic mass is 16.5. The minimum atomic E-state index is 0.491. The smallest absolute Gasteiger partial charge is 0.0711 e. The molecule has 0 radical (unpaired) electrons. The summed E-state index contributed by atoms with van der Waals surface area (Å²) in [4.78, 5) is 0. The second-order valence-corrected chi connectivity index (χ2v) is 3.63. The largest absolute Gasteiger partial charge is 0.377 e. The molecule has 0 spiro atoms. The van der Waals surface area contributed by atoms with Crippen molar-refractivity contribution in [2.24, 2.45) is 5.92 Å². The van der Waals surface area contributed by atoms with E-state index >= 15 is 0 Å². The van der Waals surface area contributed by atoms with E-state index in [2.05, 4.69) is 19.2 Å². The predicted octanol–water partition coefficient (Wildman–Crippen LogP) is 1.80. The van der Waals surface area contributed by atoms with E-state index in [1.54, 1.807) is 0 Å². The zero-order chi connectivity index (χ0) is 8.81. The van der Waals surface area contributed by atoms with Crippen LogP contribution in [0.3, 0.4) is 0 Å². The van der Waals surface area contributed by atoms with Crippen LogP contribution in [-0.4, -0.2) is 25.8 Å². The molecule has 0 saturated carbocycles. The van der Waals surface area contributed by atoms with Crippen molar-refractivity contribution in [1.82, 2.24) is 5.32 Å². The molecule has 1 heterocycles. The Hall–Kier alpha value is -0.0800. The normalized spacial score (nSPS) is 23.8. The van der Waals surface area contributed by atoms with Crippen LogP contribution in [-0.2, 0) is 4.74 Å². The molecule has 1 aliphatic rings. The second-order valence-electron chi connectivity index (χ2n) is 3.63. The molecule has 1 saturated heterocycles. The van der Waals surface area contributed by atoms with Gasteiger partial charge in [0.2, 0.25) is 0 Å². The minimum absolute atomic E-state index is 0.491. The average Bonchev–Trinajstić information content (AvgIpc) is 2.59. The van der Waals surface area contributed by atoms with Gasteiger partial charge in [-0.25, -0.2) is 0 Å². The van der Waals surface area contributed by atoms with Crippen molar-refractivity contribution in [2.75, 3.05) is 19.7 Å². The van der Waals surface area contributed by atoms with Crippen LogP contribution in [0.1, 0.15) is 33.1 Å². The Kier molecular flexibility index (Phi) is 4.62. The SMILES string of the molecule is CCC(CC)COC1CCNC1. The zero-order valence-corrected chi connectivity index (χ0v) is 8.31. The first-order valence-corrected chi connectivity index (χ1v) is 5.19. The molecule has 0 amide bonds. The van der Waals surface area contributed by atoms with Crippen molar-refractivity contribution < 1.29 is 4.74 Å². The van der Waals surface area contributed by atoms with E-state index in [4.69, 9.17) is 4.74 Å². The maximum Gasteiger partial charge on any atom is 0.0711 e. The van der Waals surface area contributed by atoms with Crippen LogP contribution >= 0.6 is 0 Å². The average molecular weight is 171 g/mol. The lowest BCUT2D eigenvalue weighted by Crippen LogP contribution is -2.20. The molecule has 1 aliphatic heterocycles. The summed E-state index contributed by atoms with van der Waals surface area (Å²) >= 11 is 0. The van der Waals surface area contributed by atoms with Crippen molar-refractivity contribution >= 4 is 0 Å². The van der Waals surface area contributed by atoms with Gasteiger partial charge in [0.1, 0.15) is 0 Å². The standard InChI is InChI=1S/C10H21NO/c1-3-9(4-2)8-12-10-5-6-11-7-10/h9-11H,3-8H2,1-2H3. The van der Waals surface area contributed by atoms with Crippen LogP contribution in [0, 0.1) is 5.92 Å². The molecule has 0 aromatic rings. The van der Waals surface area contributed by atoms with Gasteiger partial charge in [-0.05, 0) is 18.9 Å². The van der Waals surface area contributed by atoms with Gasteiger partial charge >= 0.3 is 0 Å². The van der Waals surface area contributed by atoms with Gasteiger partial charge in [0.05, 0.1) is 6.10 Å². The maximum atomic E-state index is 5.78. The van der Waals surface area contributed by atoms with Crippen molar-refractivity contribution in [2.45, 2.75) is 39.2 Å². The molecule has 12 heavy (non-hydrogen) atoms. The summed E-state index contributed by atoms with van der Waals surface area (Å²) < 4.78 is 5.78. The Morgan fingerprint density at radius 2 is 2.17 bits per heavy atom. The topological polar surface area (TPSA) is 21.3 Å². The van der Waals surface area contributed by atoms with Crippen molar-refractivity contribution in [1.29, 1.82) is 0 Å². The van der Waals surface area contributed by atoms with E-state index in [0.717, 1.165) is 25.6 Å². The van der Waals surface area contributed by atoms with Crippen molar-refractivity contribution in [3.05, 3.63) is 0 Å². The summed E-state index contributed by atoms with van der Waals surface area (Å²) in [6.07, 6.45) is 4.18. The molecule has 1 unspecified atom stereocenters. The van der Waals surface area contributed by atoms with Gasteiger partial charge in [0, 0.05) is 13.2 Å². The predicted molar refractivity (Wildman–Crippen MR) is 51.3 cm³/mol. The fourth-order valence-corrected chi connectivity index (χ4v) is 1.57. The monoisotopic (exact) mass is 171 g/mol. The van der Waals surface area contributed by atoms with Gasteiger partial charge < -0.3 is 10.1 Å². The first-order chi connectivity index (χ1) is 5.86. The molecule has 2 nitrogen and oxygen atoms in total. The summed E-state index contributed by atoms with van der Waals surface area (Å²) in [5.41, 5.74) is 0. The number of rotatable bonds is 5. The first kappa shape index (κ1) is 10.0. The fraction of sp³-hybridized carbons (Fsp3) is 1.00. The Labute approximate surface area is 75.7 Å². The maximum absolute atomic E-state index is 5.78. The van der Waals surface area contributed by atoms with Gasteiger partial charge in [-0.1, -0.05) is 26.7 Å². The van der Waals surface area contributed by atoms with Crippen molar-refractivity contribution in [3.63, 3.8) is 0 Å². The number of ether oxygens (including phenoxy) is 1. The molecule has 0 aliphatic carbocycles. The lowest BCUT2D eigenvalue weighted by atomic mass is 10.1. The molecule has 2 heteroatoms. The highest BCUT2D eigenvalue weighted by molar-refractivity contribution is 4.71. The van der Waals surface area contributed by atoms with Crippen molar-refractivity contribution in [3.8, 4) is 0 Å². The van der Waals surface area contributed by atoms with Crippen LogP contribution < -0.4 is 5.32 Å². The fourth-order valence-electron chi connectivity index (χ4n) is 1.57. The van der Waals surface area contributed by atoms with E-state index in [0.29, 0.717) is 6.10 Å². The molecule has 72 valence electrons. The summed E-state index contributed by atoms with van der Waals surface area (Å²) in [5.74, 6) is 0.769. The Morgan fingerprint density at radius 1 is 1.42 bits per heavy atom. The van der Waals surface area contributed by atoms with E-state index < -0.39 is 0 Å². The van der Waals surface area contributed by atoms with Gasteiger partial charge in [0.25, 0.3) is 0 Å². The summed E-state index contributed by atoms with van der Waals surface area (Å²) in [7, 11) is 0. The minimum Gasteiger partial charge on any atom is -0.377 e. The molecule has 0 aromatic heterocycles. The third kappa shape index (κ3) is 3.11. The molecule has 0 bridgehead atoms. The molecular weight excluding hydrogens is 150 g/mol. The zero-order valence-electron chi connectivity index (χ0n) is 8.31. The Morgan fingerprint density at radius 3 is 2.67 bits per heavy atom. The lowest BCUT2D eigenvalue weighted by Gasteiger charge is -2.16. The highest BCUT2D eigenvalue weighted by Crippen LogP contribution is 2.11. The van der Waals surface area contributed by atoms with Gasteiger partial charge in [-0.2, -0.15) is 0 Å². The van der Waals surface area contributed by atoms with Crippen LogP contribution in [0.25, 0.3) is 0 Å². The quantitative estimate of drug-likeness (QED) is 0.681. The molecule has 1 fully saturated rings. The van der Waals surface area contributed by atoms with Crippen LogP contribution in [0.5, 0.6) is 0 Å². The molecule has 0 aromatic carbocycles. The lowest BCUT2D eigenvalue weighted by molar-refractivity contribution is 0.0392. The van der Waals surface area contributed by atoms with E-state index in [-0.39, 0.29) is 0 Å². The van der Waals surface area contributed by atoms with E-state index in [1.807, 2.05) is 0 Å². The third-order valence-electron chi connectivity index (χ3n) is 2.74. The first-order valence-electron chi connectivity index (χ1n) is 5.19. The Bertz CT molecular complexity index is 104. The van der Waals surface area contributed by atoms with Gasteiger partial charge in [-0.15, -0.1) is 0 Å². The summed E-state index contributed by atoms with van der Waals surface area (Å²) in [5, 5.41) is 3.31. The Balaban J connectivity index is 2.06. The van der Waals surface area contributed by atoms with Gasteiger partial charge in [0.15, 0.2) is 0 Å². The molecule has 1 atom stereocenters. The van der Waals surface area contributed by atoms with Crippen LogP contribution in [0.4, 0.5) is 0 Å². The summed E-state index contributed by atoms with van der Waals surface area (Å²) in [6, 6.07) is 0. The summed E-state index contributed by atoms with van der Waals surface area (Å²) in [6.45, 7) is 7.63. The van der Waals surface area contributed by atoms with E-state index in [9.17, 15) is 0 Å². The van der Waals surface area contributed by atoms with Crippen LogP contribution in [0.2, 0.25) is 0 Å². The number of hydrogen-bond donors (Lipinski definition) is 1. The number of nitrogens with one attached hydrogen (secondary N) is 1. The van der Waals surface area contributed by atoms with E-state index in [1.165, 1.54) is 19.3 Å². The molecule has 1 N–H and O–H groups in total. The second kappa shape index (κ2) is 5.55. The van der Waals surface area contributed by atoms with Crippen LogP contribution in [0.15, 0.2) is 0 Å². The number of hydrogen-bond acceptors (Lipinski definition) is 2. The highest BCUT2D eigenvalue weighted by Gasteiger charge is 2.15. The third-order valence-corrected chi connectivity index (χ3v) is 2.74. The molecule has 1 rings (SSSR count). The molecular formula is C10H21NO.